The van der Waals surface area contributed by atoms with E-state index in [0.29, 0.717) is 6.61 Å². The number of rotatable bonds is 3. The fourth-order valence-electron chi connectivity index (χ4n) is 1.28. The summed E-state index contributed by atoms with van der Waals surface area (Å²) in [7, 11) is 0. The fraction of sp³-hybridized carbons (Fsp3) is 0.250. The summed E-state index contributed by atoms with van der Waals surface area (Å²) < 4.78 is 5.64. The molecule has 15 heavy (non-hydrogen) atoms. The van der Waals surface area contributed by atoms with Crippen molar-refractivity contribution < 1.29 is 4.74 Å². The number of hydrogen-bond acceptors (Lipinski definition) is 3. The fourth-order valence-corrected chi connectivity index (χ4v) is 2.03. The Morgan fingerprint density at radius 2 is 2.20 bits per heavy atom. The van der Waals surface area contributed by atoms with Gasteiger partial charge in [-0.1, -0.05) is 18.2 Å². The Hall–Kier alpha value is -1.22. The predicted molar refractivity (Wildman–Crippen MR) is 65.6 cm³/mol. The van der Waals surface area contributed by atoms with Gasteiger partial charge in [-0.3, -0.25) is 4.99 Å². The molecule has 0 aromatic heterocycles. The van der Waals surface area contributed by atoms with E-state index in [-0.39, 0.29) is 0 Å². The largest absolute Gasteiger partial charge is 0.489 e. The van der Waals surface area contributed by atoms with Crippen molar-refractivity contribution in [3.05, 3.63) is 41.6 Å². The van der Waals surface area contributed by atoms with Gasteiger partial charge in [-0.2, -0.15) is 0 Å². The van der Waals surface area contributed by atoms with E-state index in [0.717, 1.165) is 17.2 Å². The summed E-state index contributed by atoms with van der Waals surface area (Å²) in [5.41, 5.74) is 4.25. The van der Waals surface area contributed by atoms with Crippen molar-refractivity contribution in [1.82, 2.24) is 0 Å². The minimum Gasteiger partial charge on any atom is -0.489 e. The first kappa shape index (κ1) is 10.3. The van der Waals surface area contributed by atoms with Crippen molar-refractivity contribution in [2.45, 2.75) is 6.92 Å². The molecule has 2 nitrogen and oxygen atoms in total. The van der Waals surface area contributed by atoms with Gasteiger partial charge in [-0.25, -0.2) is 0 Å². The van der Waals surface area contributed by atoms with Crippen LogP contribution in [0.4, 0.5) is 0 Å². The van der Waals surface area contributed by atoms with Crippen LogP contribution in [0.15, 0.2) is 46.6 Å². The highest BCUT2D eigenvalue weighted by Gasteiger charge is 2.06. The molecular weight excluding hydrogens is 206 g/mol. The molecule has 1 heterocycles. The van der Waals surface area contributed by atoms with Crippen molar-refractivity contribution in [1.29, 1.82) is 0 Å². The molecule has 0 bridgehead atoms. The first-order chi connectivity index (χ1) is 7.36. The molecule has 1 aromatic carbocycles. The maximum Gasteiger partial charge on any atom is 0.119 e. The number of ether oxygens (including phenoxy) is 1. The molecule has 0 spiro atoms. The first-order valence-electron chi connectivity index (χ1n) is 4.87. The highest BCUT2D eigenvalue weighted by molar-refractivity contribution is 8.12. The quantitative estimate of drug-likeness (QED) is 0.779. The molecule has 0 aliphatic carbocycles. The topological polar surface area (TPSA) is 21.6 Å². The third-order valence-corrected chi connectivity index (χ3v) is 2.89. The normalized spacial score (nSPS) is 17.9. The van der Waals surface area contributed by atoms with Crippen LogP contribution in [0.25, 0.3) is 0 Å². The van der Waals surface area contributed by atoms with E-state index in [2.05, 4.69) is 11.9 Å². The number of benzene rings is 1. The van der Waals surface area contributed by atoms with E-state index in [1.165, 1.54) is 5.57 Å². The van der Waals surface area contributed by atoms with Gasteiger partial charge in [-0.15, -0.1) is 11.8 Å². The number of para-hydroxylation sites is 1. The van der Waals surface area contributed by atoms with Gasteiger partial charge < -0.3 is 4.74 Å². The summed E-state index contributed by atoms with van der Waals surface area (Å²) in [6.07, 6.45) is 0. The molecule has 78 valence electrons. The average Bonchev–Trinajstić information content (AvgIpc) is 2.81. The van der Waals surface area contributed by atoms with Gasteiger partial charge >= 0.3 is 0 Å². The van der Waals surface area contributed by atoms with Crippen LogP contribution in [0.5, 0.6) is 5.75 Å². The van der Waals surface area contributed by atoms with Crippen molar-refractivity contribution in [2.75, 3.05) is 12.4 Å². The molecule has 1 aliphatic heterocycles. The van der Waals surface area contributed by atoms with E-state index >= 15 is 0 Å². The Morgan fingerprint density at radius 3 is 2.87 bits per heavy atom. The average molecular weight is 219 g/mol. The Bertz CT molecular complexity index is 384. The van der Waals surface area contributed by atoms with Gasteiger partial charge in [0.2, 0.25) is 0 Å². The van der Waals surface area contributed by atoms with Crippen LogP contribution in [-0.4, -0.2) is 17.9 Å². The second-order valence-electron chi connectivity index (χ2n) is 3.37. The van der Waals surface area contributed by atoms with Crippen molar-refractivity contribution in [3.63, 3.8) is 0 Å². The van der Waals surface area contributed by atoms with Crippen LogP contribution in [0.1, 0.15) is 6.92 Å². The highest BCUT2D eigenvalue weighted by Crippen LogP contribution is 2.19. The van der Waals surface area contributed by atoms with Gasteiger partial charge in [0.25, 0.3) is 0 Å². The second kappa shape index (κ2) is 5.03. The molecule has 1 aliphatic rings. The molecule has 2 rings (SSSR count). The van der Waals surface area contributed by atoms with Crippen LogP contribution >= 0.6 is 11.8 Å². The third-order valence-electron chi connectivity index (χ3n) is 2.19. The van der Waals surface area contributed by atoms with Crippen LogP contribution in [0, 0.1) is 0 Å². The Labute approximate surface area is 94.1 Å². The van der Waals surface area contributed by atoms with Crippen LogP contribution in [0.2, 0.25) is 0 Å². The summed E-state index contributed by atoms with van der Waals surface area (Å²) in [5.74, 6) is 1.89. The number of thioether (sulfide) groups is 1. The van der Waals surface area contributed by atoms with Gasteiger partial charge in [0.15, 0.2) is 0 Å². The summed E-state index contributed by atoms with van der Waals surface area (Å²) >= 11 is 1.73. The van der Waals surface area contributed by atoms with E-state index in [1.807, 2.05) is 35.9 Å². The lowest BCUT2D eigenvalue weighted by molar-refractivity contribution is 0.351. The van der Waals surface area contributed by atoms with Crippen molar-refractivity contribution >= 4 is 17.3 Å². The zero-order valence-electron chi connectivity index (χ0n) is 8.64. The molecule has 0 unspecified atom stereocenters. The van der Waals surface area contributed by atoms with Gasteiger partial charge in [0.1, 0.15) is 12.4 Å². The van der Waals surface area contributed by atoms with Gasteiger partial charge in [0, 0.05) is 5.75 Å². The Morgan fingerprint density at radius 1 is 1.40 bits per heavy atom. The molecule has 0 saturated carbocycles. The highest BCUT2D eigenvalue weighted by atomic mass is 32.2. The zero-order chi connectivity index (χ0) is 10.5. The van der Waals surface area contributed by atoms with Crippen molar-refractivity contribution in [3.8, 4) is 5.75 Å². The number of hydrogen-bond donors (Lipinski definition) is 0. The molecule has 0 N–H and O–H groups in total. The molecule has 1 aromatic rings. The van der Waals surface area contributed by atoms with E-state index in [9.17, 15) is 0 Å². The van der Waals surface area contributed by atoms with E-state index < -0.39 is 0 Å². The summed E-state index contributed by atoms with van der Waals surface area (Å²) in [5, 5.41) is 0. The summed E-state index contributed by atoms with van der Waals surface area (Å²) in [4.78, 5) is 4.29. The lowest BCUT2D eigenvalue weighted by Crippen LogP contribution is -2.01. The van der Waals surface area contributed by atoms with Crippen LogP contribution in [-0.2, 0) is 0 Å². The Balaban J connectivity index is 1.94. The molecule has 0 atom stereocenters. The molecular formula is C12H13NOS. The lowest BCUT2D eigenvalue weighted by atomic mass is 10.2. The summed E-state index contributed by atoms with van der Waals surface area (Å²) in [6, 6.07) is 9.86. The van der Waals surface area contributed by atoms with Crippen LogP contribution in [0.3, 0.4) is 0 Å². The second-order valence-corrected chi connectivity index (χ2v) is 4.21. The zero-order valence-corrected chi connectivity index (χ0v) is 9.46. The molecule has 0 fully saturated rings. The van der Waals surface area contributed by atoms with E-state index in [4.69, 9.17) is 4.74 Å². The first-order valence-corrected chi connectivity index (χ1v) is 5.92. The lowest BCUT2D eigenvalue weighted by Gasteiger charge is -2.07. The monoisotopic (exact) mass is 219 g/mol. The summed E-state index contributed by atoms with van der Waals surface area (Å²) in [6.45, 7) is 2.69. The maximum atomic E-state index is 5.64. The molecule has 0 radical (unpaired) electrons. The molecule has 3 heteroatoms. The van der Waals surface area contributed by atoms with Gasteiger partial charge in [0.05, 0.1) is 11.2 Å². The van der Waals surface area contributed by atoms with Crippen molar-refractivity contribution in [2.24, 2.45) is 4.99 Å². The number of nitrogens with zero attached hydrogens (tertiary/aromatic N) is 1. The SMILES string of the molecule is CC(COc1ccccc1)=C1CSC=N1. The predicted octanol–water partition coefficient (Wildman–Crippen LogP) is 3.11. The Kier molecular flexibility index (Phi) is 3.45. The number of aliphatic imine (C=N–C) groups is 1. The maximum absolute atomic E-state index is 5.64. The molecule has 0 amide bonds. The van der Waals surface area contributed by atoms with Crippen LogP contribution < -0.4 is 4.74 Å². The van der Waals surface area contributed by atoms with Gasteiger partial charge in [-0.05, 0) is 24.6 Å². The third kappa shape index (κ3) is 2.86. The van der Waals surface area contributed by atoms with E-state index in [1.54, 1.807) is 11.8 Å². The molecule has 0 saturated heterocycles. The standard InChI is InChI=1S/C12H13NOS/c1-10(12-8-15-9-13-12)7-14-11-5-3-2-4-6-11/h2-6,9H,7-8H2,1H3. The minimum absolute atomic E-state index is 0.622. The minimum atomic E-state index is 0.622. The smallest absolute Gasteiger partial charge is 0.119 e.